The van der Waals surface area contributed by atoms with Crippen molar-refractivity contribution in [2.75, 3.05) is 11.1 Å². The summed E-state index contributed by atoms with van der Waals surface area (Å²) in [5, 5.41) is 4.27. The molecule has 138 valence electrons. The molecule has 0 atom stereocenters. The van der Waals surface area contributed by atoms with Crippen LogP contribution in [0.3, 0.4) is 0 Å². The molecule has 1 amide bonds. The Hall–Kier alpha value is -2.11. The molecule has 1 heterocycles. The van der Waals surface area contributed by atoms with Crippen LogP contribution in [0.5, 0.6) is 0 Å². The van der Waals surface area contributed by atoms with Crippen molar-refractivity contribution in [2.24, 2.45) is 0 Å². The highest BCUT2D eigenvalue weighted by atomic mass is 35.5. The van der Waals surface area contributed by atoms with Gasteiger partial charge in [-0.2, -0.15) is 0 Å². The van der Waals surface area contributed by atoms with E-state index in [0.717, 1.165) is 47.2 Å². The van der Waals surface area contributed by atoms with Crippen molar-refractivity contribution >= 4 is 45.9 Å². The van der Waals surface area contributed by atoms with E-state index in [4.69, 9.17) is 16.6 Å². The van der Waals surface area contributed by atoms with Crippen LogP contribution in [-0.2, 0) is 17.6 Å². The third kappa shape index (κ3) is 3.94. The summed E-state index contributed by atoms with van der Waals surface area (Å²) in [5.74, 6) is -0.470. The Morgan fingerprint density at radius 2 is 2.00 bits per heavy atom. The van der Waals surface area contributed by atoms with Crippen LogP contribution in [0.15, 0.2) is 47.4 Å². The van der Waals surface area contributed by atoms with Gasteiger partial charge in [0.15, 0.2) is 0 Å². The number of aromatic nitrogens is 1. The maximum atomic E-state index is 13.7. The number of para-hydroxylation sites is 1. The first-order valence-corrected chi connectivity index (χ1v) is 10.3. The Bertz CT molecular complexity index is 1020. The number of thioether (sulfide) groups is 1. The Balaban J connectivity index is 1.62. The number of benzene rings is 2. The van der Waals surface area contributed by atoms with E-state index in [1.54, 1.807) is 18.2 Å². The molecule has 3 aromatic rings. The van der Waals surface area contributed by atoms with Gasteiger partial charge >= 0.3 is 0 Å². The third-order valence-corrected chi connectivity index (χ3v) is 6.06. The lowest BCUT2D eigenvalue weighted by Gasteiger charge is -2.20. The third-order valence-electron chi connectivity index (χ3n) is 4.67. The number of hydrogen-bond acceptors (Lipinski definition) is 3. The summed E-state index contributed by atoms with van der Waals surface area (Å²) in [6, 6.07) is 11.9. The average molecular weight is 401 g/mol. The molecule has 4 rings (SSSR count). The van der Waals surface area contributed by atoms with Crippen molar-refractivity contribution in [1.82, 2.24) is 4.98 Å². The Morgan fingerprint density at radius 1 is 1.19 bits per heavy atom. The molecule has 3 nitrogen and oxygen atoms in total. The minimum Gasteiger partial charge on any atom is -0.323 e. The van der Waals surface area contributed by atoms with Crippen molar-refractivity contribution in [2.45, 2.75) is 30.6 Å². The minimum atomic E-state index is -0.436. The lowest BCUT2D eigenvalue weighted by Crippen LogP contribution is -2.15. The number of halogens is 2. The van der Waals surface area contributed by atoms with Crippen LogP contribution in [0, 0.1) is 5.82 Å². The zero-order valence-corrected chi connectivity index (χ0v) is 16.2. The molecule has 1 aliphatic rings. The van der Waals surface area contributed by atoms with Crippen LogP contribution < -0.4 is 5.32 Å². The van der Waals surface area contributed by atoms with Gasteiger partial charge in [-0.3, -0.25) is 9.78 Å². The SMILES string of the molecule is O=C(CSc1c2c(nc3ccc(Cl)cc13)CCCC2)Nc1ccccc1F. The van der Waals surface area contributed by atoms with Gasteiger partial charge in [0, 0.05) is 21.0 Å². The van der Waals surface area contributed by atoms with E-state index in [1.165, 1.54) is 23.4 Å². The van der Waals surface area contributed by atoms with Crippen LogP contribution in [-0.4, -0.2) is 16.6 Å². The smallest absolute Gasteiger partial charge is 0.234 e. The van der Waals surface area contributed by atoms with E-state index in [9.17, 15) is 9.18 Å². The van der Waals surface area contributed by atoms with E-state index >= 15 is 0 Å². The predicted molar refractivity (Wildman–Crippen MR) is 109 cm³/mol. The highest BCUT2D eigenvalue weighted by Crippen LogP contribution is 2.37. The lowest BCUT2D eigenvalue weighted by atomic mass is 9.94. The Kier molecular flexibility index (Phi) is 5.32. The predicted octanol–water partition coefficient (Wildman–Crippen LogP) is 5.64. The van der Waals surface area contributed by atoms with Crippen molar-refractivity contribution in [3.05, 3.63) is 64.6 Å². The van der Waals surface area contributed by atoms with Crippen molar-refractivity contribution in [1.29, 1.82) is 0 Å². The van der Waals surface area contributed by atoms with E-state index in [1.807, 2.05) is 18.2 Å². The van der Waals surface area contributed by atoms with Gasteiger partial charge in [0.2, 0.25) is 5.91 Å². The lowest BCUT2D eigenvalue weighted by molar-refractivity contribution is -0.113. The summed E-state index contributed by atoms with van der Waals surface area (Å²) in [6.45, 7) is 0. The topological polar surface area (TPSA) is 42.0 Å². The number of rotatable bonds is 4. The van der Waals surface area contributed by atoms with Gasteiger partial charge in [0.1, 0.15) is 5.82 Å². The fourth-order valence-electron chi connectivity index (χ4n) is 3.40. The standard InChI is InChI=1S/C21H18ClFN2OS/c22-13-9-10-18-15(11-13)21(14-5-1-3-7-17(14)24-18)27-12-20(26)25-19-8-4-2-6-16(19)23/h2,4,6,8-11H,1,3,5,7,12H2,(H,25,26). The Labute approximate surface area is 166 Å². The molecule has 0 bridgehead atoms. The Morgan fingerprint density at radius 3 is 2.85 bits per heavy atom. The molecule has 1 N–H and O–H groups in total. The summed E-state index contributed by atoms with van der Waals surface area (Å²) in [5.41, 5.74) is 3.44. The number of amides is 1. The maximum absolute atomic E-state index is 13.7. The molecule has 0 aliphatic heterocycles. The van der Waals surface area contributed by atoms with Gasteiger partial charge < -0.3 is 5.32 Å². The zero-order chi connectivity index (χ0) is 18.8. The molecule has 1 aliphatic carbocycles. The number of nitrogens with zero attached hydrogens (tertiary/aromatic N) is 1. The van der Waals surface area contributed by atoms with Crippen LogP contribution in [0.4, 0.5) is 10.1 Å². The molecule has 0 saturated carbocycles. The fraction of sp³-hybridized carbons (Fsp3) is 0.238. The second kappa shape index (κ2) is 7.87. The van der Waals surface area contributed by atoms with Gasteiger partial charge in [-0.25, -0.2) is 4.39 Å². The van der Waals surface area contributed by atoms with Gasteiger partial charge in [0.05, 0.1) is 17.0 Å². The summed E-state index contributed by atoms with van der Waals surface area (Å²) >= 11 is 7.68. The van der Waals surface area contributed by atoms with E-state index < -0.39 is 5.82 Å². The number of carbonyl (C=O) groups excluding carboxylic acids is 1. The zero-order valence-electron chi connectivity index (χ0n) is 14.6. The second-order valence-electron chi connectivity index (χ2n) is 6.55. The number of anilines is 1. The summed E-state index contributed by atoms with van der Waals surface area (Å²) in [7, 11) is 0. The molecule has 0 unspecified atom stereocenters. The molecule has 6 heteroatoms. The van der Waals surface area contributed by atoms with Crippen LogP contribution >= 0.6 is 23.4 Å². The normalized spacial score (nSPS) is 13.4. The molecule has 1 aromatic heterocycles. The molecule has 0 radical (unpaired) electrons. The molecule has 27 heavy (non-hydrogen) atoms. The quantitative estimate of drug-likeness (QED) is 0.576. The molecule has 0 saturated heterocycles. The number of hydrogen-bond donors (Lipinski definition) is 1. The summed E-state index contributed by atoms with van der Waals surface area (Å²) in [6.07, 6.45) is 4.18. The van der Waals surface area contributed by atoms with Gasteiger partial charge in [-0.1, -0.05) is 23.7 Å². The minimum absolute atomic E-state index is 0.201. The number of nitrogens with one attached hydrogen (secondary N) is 1. The van der Waals surface area contributed by atoms with Gasteiger partial charge in [0.25, 0.3) is 0 Å². The number of carbonyl (C=O) groups is 1. The highest BCUT2D eigenvalue weighted by molar-refractivity contribution is 8.00. The van der Waals surface area contributed by atoms with Crippen LogP contribution in [0.1, 0.15) is 24.1 Å². The second-order valence-corrected chi connectivity index (χ2v) is 7.97. The van der Waals surface area contributed by atoms with Gasteiger partial charge in [-0.15, -0.1) is 11.8 Å². The average Bonchev–Trinajstić information content (AvgIpc) is 2.67. The largest absolute Gasteiger partial charge is 0.323 e. The van der Waals surface area contributed by atoms with Crippen molar-refractivity contribution in [3.63, 3.8) is 0 Å². The first-order valence-electron chi connectivity index (χ1n) is 8.90. The number of pyridine rings is 1. The highest BCUT2D eigenvalue weighted by Gasteiger charge is 2.19. The van der Waals surface area contributed by atoms with Gasteiger partial charge in [-0.05, 0) is 61.6 Å². The van der Waals surface area contributed by atoms with Crippen LogP contribution in [0.2, 0.25) is 5.02 Å². The first kappa shape index (κ1) is 18.3. The monoisotopic (exact) mass is 400 g/mol. The summed E-state index contributed by atoms with van der Waals surface area (Å²) < 4.78 is 13.7. The van der Waals surface area contributed by atoms with Crippen molar-refractivity contribution in [3.8, 4) is 0 Å². The first-order chi connectivity index (χ1) is 13.1. The van der Waals surface area contributed by atoms with Crippen molar-refractivity contribution < 1.29 is 9.18 Å². The molecule has 0 spiro atoms. The van der Waals surface area contributed by atoms with Crippen LogP contribution in [0.25, 0.3) is 10.9 Å². The van der Waals surface area contributed by atoms with E-state index in [-0.39, 0.29) is 17.3 Å². The maximum Gasteiger partial charge on any atom is 0.234 e. The molecular formula is C21H18ClFN2OS. The summed E-state index contributed by atoms with van der Waals surface area (Å²) in [4.78, 5) is 18.2. The molecule has 0 fully saturated rings. The number of aryl methyl sites for hydroxylation is 1. The number of fused-ring (bicyclic) bond motifs is 2. The van der Waals surface area contributed by atoms with E-state index in [2.05, 4.69) is 5.32 Å². The molecule has 2 aromatic carbocycles. The van der Waals surface area contributed by atoms with E-state index in [0.29, 0.717) is 5.02 Å². The fourth-order valence-corrected chi connectivity index (χ4v) is 4.64. The molecular weight excluding hydrogens is 383 g/mol.